The van der Waals surface area contributed by atoms with Gasteiger partial charge in [-0.25, -0.2) is 0 Å². The van der Waals surface area contributed by atoms with Crippen LogP contribution in [0.25, 0.3) is 0 Å². The first-order chi connectivity index (χ1) is 10.8. The number of nitrogens with one attached hydrogen (secondary N) is 1. The molecule has 0 spiro atoms. The fraction of sp³-hybridized carbons (Fsp3) is 0.789. The van der Waals surface area contributed by atoms with Crippen LogP contribution in [0.2, 0.25) is 0 Å². The highest BCUT2D eigenvalue weighted by Gasteiger charge is 2.22. The molecule has 0 aromatic carbocycles. The molecule has 1 unspecified atom stereocenters. The fourth-order valence-electron chi connectivity index (χ4n) is 3.09. The molecule has 3 heteroatoms. The molecule has 2 rings (SSSR count). The van der Waals surface area contributed by atoms with E-state index in [1.807, 2.05) is 0 Å². The number of allylic oxidation sites excluding steroid dienone is 2. The Labute approximate surface area is 136 Å². The van der Waals surface area contributed by atoms with Gasteiger partial charge in [-0.3, -0.25) is 4.90 Å². The van der Waals surface area contributed by atoms with Crippen LogP contribution in [0.3, 0.4) is 0 Å². The van der Waals surface area contributed by atoms with Gasteiger partial charge in [0.15, 0.2) is 0 Å². The lowest BCUT2D eigenvalue weighted by Gasteiger charge is -2.25. The van der Waals surface area contributed by atoms with Crippen LogP contribution in [-0.4, -0.2) is 50.3 Å². The summed E-state index contributed by atoms with van der Waals surface area (Å²) in [6.07, 6.45) is 13.0. The molecule has 1 N–H and O–H groups in total. The first-order valence-corrected chi connectivity index (χ1v) is 9.17. The van der Waals surface area contributed by atoms with Crippen LogP contribution in [0, 0.1) is 5.92 Å². The van der Waals surface area contributed by atoms with Crippen molar-refractivity contribution in [1.29, 1.82) is 0 Å². The fourth-order valence-corrected chi connectivity index (χ4v) is 3.09. The lowest BCUT2D eigenvalue weighted by atomic mass is 10.1. The Balaban J connectivity index is 1.73. The maximum absolute atomic E-state index is 5.81. The predicted octanol–water partition coefficient (Wildman–Crippen LogP) is 3.38. The van der Waals surface area contributed by atoms with E-state index in [0.29, 0.717) is 6.04 Å². The van der Waals surface area contributed by atoms with Gasteiger partial charge in [-0.2, -0.15) is 0 Å². The average molecular weight is 306 g/mol. The molecule has 1 aliphatic heterocycles. The van der Waals surface area contributed by atoms with E-state index in [9.17, 15) is 0 Å². The molecule has 1 saturated heterocycles. The van der Waals surface area contributed by atoms with Gasteiger partial charge < -0.3 is 10.1 Å². The van der Waals surface area contributed by atoms with Crippen LogP contribution >= 0.6 is 0 Å². The molecular formula is C19H34N2O. The molecule has 1 heterocycles. The van der Waals surface area contributed by atoms with Gasteiger partial charge in [-0.05, 0) is 63.6 Å². The van der Waals surface area contributed by atoms with Crippen molar-refractivity contribution < 1.29 is 4.74 Å². The molecule has 3 nitrogen and oxygen atoms in total. The first kappa shape index (κ1) is 17.7. The summed E-state index contributed by atoms with van der Waals surface area (Å²) in [4.78, 5) is 2.60. The maximum Gasteiger partial charge on any atom is 0.0494 e. The Morgan fingerprint density at radius 1 is 1.36 bits per heavy atom. The molecule has 0 aromatic heterocycles. The third-order valence-corrected chi connectivity index (χ3v) is 4.48. The van der Waals surface area contributed by atoms with E-state index in [4.69, 9.17) is 4.74 Å². The Morgan fingerprint density at radius 3 is 2.95 bits per heavy atom. The third kappa shape index (κ3) is 7.08. The summed E-state index contributed by atoms with van der Waals surface area (Å²) >= 11 is 0. The minimum atomic E-state index is 0.579. The topological polar surface area (TPSA) is 24.5 Å². The lowest BCUT2D eigenvalue weighted by molar-refractivity contribution is 0.112. The second-order valence-corrected chi connectivity index (χ2v) is 6.73. The smallest absolute Gasteiger partial charge is 0.0494 e. The molecule has 0 amide bonds. The molecule has 22 heavy (non-hydrogen) atoms. The van der Waals surface area contributed by atoms with Crippen LogP contribution in [-0.2, 0) is 4.74 Å². The number of rotatable bonds is 9. The molecule has 1 aliphatic carbocycles. The second-order valence-electron chi connectivity index (χ2n) is 6.73. The monoisotopic (exact) mass is 306 g/mol. The zero-order valence-corrected chi connectivity index (χ0v) is 14.5. The Kier molecular flexibility index (Phi) is 8.21. The maximum atomic E-state index is 5.81. The van der Waals surface area contributed by atoms with Gasteiger partial charge in [-0.15, -0.1) is 0 Å². The van der Waals surface area contributed by atoms with Crippen LogP contribution in [0.1, 0.15) is 46.0 Å². The van der Waals surface area contributed by atoms with E-state index < -0.39 is 0 Å². The van der Waals surface area contributed by atoms with Crippen molar-refractivity contribution in [2.45, 2.75) is 52.0 Å². The van der Waals surface area contributed by atoms with Crippen molar-refractivity contribution in [3.63, 3.8) is 0 Å². The number of hydrogen-bond acceptors (Lipinski definition) is 3. The summed E-state index contributed by atoms with van der Waals surface area (Å²) in [6.45, 7) is 10.8. The molecule has 2 fully saturated rings. The van der Waals surface area contributed by atoms with E-state index in [-0.39, 0.29) is 0 Å². The van der Waals surface area contributed by atoms with Gasteiger partial charge in [0, 0.05) is 32.3 Å². The molecule has 2 aliphatic rings. The van der Waals surface area contributed by atoms with E-state index in [1.54, 1.807) is 0 Å². The van der Waals surface area contributed by atoms with Crippen molar-refractivity contribution in [3.8, 4) is 0 Å². The van der Waals surface area contributed by atoms with E-state index in [2.05, 4.69) is 42.3 Å². The number of ether oxygens (including phenoxy) is 1. The zero-order valence-electron chi connectivity index (χ0n) is 14.5. The zero-order chi connectivity index (χ0) is 15.6. The summed E-state index contributed by atoms with van der Waals surface area (Å²) in [5, 5.41) is 3.69. The lowest BCUT2D eigenvalue weighted by Crippen LogP contribution is -2.39. The first-order valence-electron chi connectivity index (χ1n) is 9.17. The minimum absolute atomic E-state index is 0.579. The summed E-state index contributed by atoms with van der Waals surface area (Å²) < 4.78 is 5.81. The van der Waals surface area contributed by atoms with Crippen LogP contribution in [0.15, 0.2) is 23.8 Å². The molecule has 1 saturated carbocycles. The van der Waals surface area contributed by atoms with E-state index in [0.717, 1.165) is 51.6 Å². The van der Waals surface area contributed by atoms with Crippen LogP contribution in [0.4, 0.5) is 0 Å². The van der Waals surface area contributed by atoms with Gasteiger partial charge in [0.25, 0.3) is 0 Å². The Bertz CT molecular complexity index is 360. The van der Waals surface area contributed by atoms with Crippen molar-refractivity contribution in [2.75, 3.05) is 39.4 Å². The standard InChI is InChI=1S/C19H34N2O/c1-3-6-17(7-4-2)14-21-12-5-11-20-19(15-21)10-13-22-16-18-8-9-18/h3,6-7,18-20H,4-5,8-16H2,1-2H3/b6-3-,17-7+. The highest BCUT2D eigenvalue weighted by molar-refractivity contribution is 5.19. The molecule has 126 valence electrons. The average Bonchev–Trinajstić information content (AvgIpc) is 3.32. The summed E-state index contributed by atoms with van der Waals surface area (Å²) in [5.74, 6) is 0.876. The van der Waals surface area contributed by atoms with Gasteiger partial charge in [0.05, 0.1) is 0 Å². The summed E-state index contributed by atoms with van der Waals surface area (Å²) in [5.41, 5.74) is 1.45. The normalized spacial score (nSPS) is 24.8. The van der Waals surface area contributed by atoms with Gasteiger partial charge >= 0.3 is 0 Å². The molecule has 0 aromatic rings. The summed E-state index contributed by atoms with van der Waals surface area (Å²) in [6, 6.07) is 0.579. The second kappa shape index (κ2) is 10.2. The largest absolute Gasteiger partial charge is 0.381 e. The highest BCUT2D eigenvalue weighted by Crippen LogP contribution is 2.28. The van der Waals surface area contributed by atoms with Crippen molar-refractivity contribution in [1.82, 2.24) is 10.2 Å². The number of nitrogens with zero attached hydrogens (tertiary/aromatic N) is 1. The van der Waals surface area contributed by atoms with Crippen molar-refractivity contribution in [3.05, 3.63) is 23.8 Å². The molecule has 1 atom stereocenters. The molecular weight excluding hydrogens is 272 g/mol. The van der Waals surface area contributed by atoms with Gasteiger partial charge in [-0.1, -0.05) is 25.2 Å². The highest BCUT2D eigenvalue weighted by atomic mass is 16.5. The minimum Gasteiger partial charge on any atom is -0.381 e. The van der Waals surface area contributed by atoms with Crippen LogP contribution in [0.5, 0.6) is 0 Å². The number of hydrogen-bond donors (Lipinski definition) is 1. The van der Waals surface area contributed by atoms with Crippen molar-refractivity contribution in [2.24, 2.45) is 5.92 Å². The molecule has 0 bridgehead atoms. The quantitative estimate of drug-likeness (QED) is 0.522. The predicted molar refractivity (Wildman–Crippen MR) is 94.2 cm³/mol. The van der Waals surface area contributed by atoms with Gasteiger partial charge in [0.2, 0.25) is 0 Å². The van der Waals surface area contributed by atoms with Crippen LogP contribution < -0.4 is 5.32 Å². The molecule has 0 radical (unpaired) electrons. The Hall–Kier alpha value is -0.640. The van der Waals surface area contributed by atoms with Crippen molar-refractivity contribution >= 4 is 0 Å². The van der Waals surface area contributed by atoms with E-state index in [1.165, 1.54) is 31.4 Å². The third-order valence-electron chi connectivity index (χ3n) is 4.48. The van der Waals surface area contributed by atoms with Gasteiger partial charge in [0.1, 0.15) is 0 Å². The SMILES string of the molecule is C/C=C\C(=C/CC)CN1CCCNC(CCOCC2CC2)C1. The Morgan fingerprint density at radius 2 is 2.23 bits per heavy atom. The van der Waals surface area contributed by atoms with E-state index >= 15 is 0 Å². The summed E-state index contributed by atoms with van der Waals surface area (Å²) in [7, 11) is 0.